The number of hydrogen-bond donors (Lipinski definition) is 2. The van der Waals surface area contributed by atoms with Crippen molar-refractivity contribution in [3.63, 3.8) is 0 Å². The van der Waals surface area contributed by atoms with Gasteiger partial charge < -0.3 is 10.0 Å². The van der Waals surface area contributed by atoms with Crippen LogP contribution in [0.5, 0.6) is 0 Å². The van der Waals surface area contributed by atoms with E-state index in [0.717, 1.165) is 11.5 Å². The molecule has 1 fully saturated rings. The Labute approximate surface area is 107 Å². The normalized spacial score (nSPS) is 23.1. The molecular weight excluding hydrogens is 264 g/mol. The largest absolute Gasteiger partial charge is 0.391 e. The maximum absolute atomic E-state index is 12.1. The van der Waals surface area contributed by atoms with E-state index in [2.05, 4.69) is 4.37 Å². The number of carbonyl (C=O) groups excluding carboxylic acids is 1. The highest BCUT2D eigenvalue weighted by Crippen LogP contribution is 2.31. The monoisotopic (exact) mass is 276 g/mol. The van der Waals surface area contributed by atoms with Crippen molar-refractivity contribution < 1.29 is 9.90 Å². The van der Waals surface area contributed by atoms with E-state index < -0.39 is 11.7 Å². The number of nitrogens with zero attached hydrogens (tertiary/aromatic N) is 1. The van der Waals surface area contributed by atoms with Gasteiger partial charge in [0.15, 0.2) is 0 Å². The predicted octanol–water partition coefficient (Wildman–Crippen LogP) is 0.933. The molecule has 1 atom stereocenters. The zero-order valence-corrected chi connectivity index (χ0v) is 11.1. The molecule has 1 saturated heterocycles. The number of halogens is 1. The topological polar surface area (TPSA) is 73.4 Å². The predicted molar refractivity (Wildman–Crippen MR) is 65.6 cm³/mol. The summed E-state index contributed by atoms with van der Waals surface area (Å²) in [6, 6.07) is 0. The van der Waals surface area contributed by atoms with Crippen molar-refractivity contribution in [2.75, 3.05) is 13.1 Å². The zero-order valence-electron chi connectivity index (χ0n) is 9.49. The second-order valence-electron chi connectivity index (χ2n) is 4.87. The average molecular weight is 277 g/mol. The van der Waals surface area contributed by atoms with Crippen LogP contribution in [0.1, 0.15) is 23.5 Å². The van der Waals surface area contributed by atoms with Gasteiger partial charge in [-0.1, -0.05) is 37.0 Å². The average Bonchev–Trinajstić information content (AvgIpc) is 2.70. The molecule has 1 unspecified atom stereocenters. The quantitative estimate of drug-likeness (QED) is 0.801. The minimum Gasteiger partial charge on any atom is -0.391 e. The van der Waals surface area contributed by atoms with Gasteiger partial charge in [0.2, 0.25) is 0 Å². The first-order valence-electron chi connectivity index (χ1n) is 5.17. The first kappa shape index (κ1) is 12.6. The summed E-state index contributed by atoms with van der Waals surface area (Å²) < 4.78 is 2.42. The van der Waals surface area contributed by atoms with Crippen LogP contribution in [-0.4, -0.2) is 39.5 Å². The van der Waals surface area contributed by atoms with Crippen LogP contribution in [0.2, 0.25) is 5.02 Å². The molecule has 0 aliphatic carbocycles. The molecule has 0 saturated carbocycles. The highest BCUT2D eigenvalue weighted by atomic mass is 35.5. The van der Waals surface area contributed by atoms with Gasteiger partial charge in [0, 0.05) is 18.5 Å². The molecule has 1 aliphatic rings. The van der Waals surface area contributed by atoms with Gasteiger partial charge in [-0.25, -0.2) is 0 Å². The van der Waals surface area contributed by atoms with Crippen LogP contribution in [0.25, 0.3) is 0 Å². The summed E-state index contributed by atoms with van der Waals surface area (Å²) in [7, 11) is 0. The second-order valence-corrected chi connectivity index (χ2v) is 6.06. The molecule has 1 amide bonds. The van der Waals surface area contributed by atoms with Gasteiger partial charge >= 0.3 is 0 Å². The van der Waals surface area contributed by atoms with Crippen LogP contribution < -0.4 is 5.56 Å². The van der Waals surface area contributed by atoms with Crippen molar-refractivity contribution >= 4 is 29.0 Å². The fourth-order valence-corrected chi connectivity index (χ4v) is 2.84. The van der Waals surface area contributed by atoms with Crippen molar-refractivity contribution in [2.45, 2.75) is 20.0 Å². The minimum absolute atomic E-state index is 0.0702. The van der Waals surface area contributed by atoms with E-state index in [-0.39, 0.29) is 27.8 Å². The van der Waals surface area contributed by atoms with Crippen molar-refractivity contribution in [3.8, 4) is 0 Å². The lowest BCUT2D eigenvalue weighted by Gasteiger charge is -2.20. The van der Waals surface area contributed by atoms with Gasteiger partial charge in [-0.2, -0.15) is 0 Å². The molecule has 0 aromatic carbocycles. The molecule has 2 heterocycles. The number of aromatic amines is 1. The number of β-amino-alcohol motifs (C(OH)–C–C–N with tert-alkyl or cyclic N) is 1. The maximum atomic E-state index is 12.1. The molecular formula is C10H13ClN2O3S. The molecule has 0 radical (unpaired) electrons. The minimum atomic E-state index is -0.555. The molecule has 2 N–H and O–H groups in total. The fourth-order valence-electron chi connectivity index (χ4n) is 1.84. The summed E-state index contributed by atoms with van der Waals surface area (Å²) in [5, 5.41) is 9.73. The molecule has 1 aromatic rings. The fraction of sp³-hybridized carbons (Fsp3) is 0.600. The molecule has 5 nitrogen and oxygen atoms in total. The van der Waals surface area contributed by atoms with E-state index in [9.17, 15) is 14.7 Å². The highest BCUT2D eigenvalue weighted by Gasteiger charge is 2.41. The van der Waals surface area contributed by atoms with Crippen molar-refractivity contribution in [3.05, 3.63) is 20.3 Å². The lowest BCUT2D eigenvalue weighted by Crippen LogP contribution is -2.30. The highest BCUT2D eigenvalue weighted by molar-refractivity contribution is 7.08. The lowest BCUT2D eigenvalue weighted by atomic mass is 9.90. The van der Waals surface area contributed by atoms with Gasteiger partial charge in [0.1, 0.15) is 9.90 Å². The van der Waals surface area contributed by atoms with E-state index >= 15 is 0 Å². The summed E-state index contributed by atoms with van der Waals surface area (Å²) in [5.74, 6) is -0.303. The Bertz CT molecular complexity index is 508. The van der Waals surface area contributed by atoms with Crippen LogP contribution in [0.15, 0.2) is 4.79 Å². The molecule has 1 aliphatic heterocycles. The smallest absolute Gasteiger partial charge is 0.277 e. The maximum Gasteiger partial charge on any atom is 0.277 e. The summed E-state index contributed by atoms with van der Waals surface area (Å²) in [6.45, 7) is 4.52. The SMILES string of the molecule is CC1(C)CN(C(=O)c2s[nH]c(=O)c2Cl)CC1O. The lowest BCUT2D eigenvalue weighted by molar-refractivity contribution is 0.0767. The Hall–Kier alpha value is -0.850. The number of amides is 1. The van der Waals surface area contributed by atoms with Crippen LogP contribution in [0.3, 0.4) is 0 Å². The summed E-state index contributed by atoms with van der Waals surface area (Å²) in [5.41, 5.74) is -0.775. The Morgan fingerprint density at radius 2 is 2.29 bits per heavy atom. The van der Waals surface area contributed by atoms with Gasteiger partial charge in [-0.15, -0.1) is 0 Å². The van der Waals surface area contributed by atoms with Gasteiger partial charge in [0.25, 0.3) is 11.5 Å². The summed E-state index contributed by atoms with van der Waals surface area (Å²) >= 11 is 6.68. The molecule has 2 rings (SSSR count). The van der Waals surface area contributed by atoms with Gasteiger partial charge in [-0.05, 0) is 0 Å². The first-order chi connectivity index (χ1) is 7.83. The standard InChI is InChI=1S/C10H13ClN2O3S/c1-10(2)4-13(3-5(10)14)9(16)7-6(11)8(15)12-17-7/h5,14H,3-4H2,1-2H3,(H,12,15). The molecule has 94 valence electrons. The van der Waals surface area contributed by atoms with Gasteiger partial charge in [-0.3, -0.25) is 14.0 Å². The Kier molecular flexibility index (Phi) is 3.05. The Balaban J connectivity index is 2.24. The third-order valence-corrected chi connectivity index (χ3v) is 4.36. The number of nitrogens with one attached hydrogen (secondary N) is 1. The number of likely N-dealkylation sites (tertiary alicyclic amines) is 1. The first-order valence-corrected chi connectivity index (χ1v) is 6.36. The number of aliphatic hydroxyl groups is 1. The molecule has 0 bridgehead atoms. The third kappa shape index (κ3) is 2.12. The number of aromatic nitrogens is 1. The van der Waals surface area contributed by atoms with E-state index in [1.807, 2.05) is 13.8 Å². The van der Waals surface area contributed by atoms with E-state index in [1.165, 1.54) is 4.90 Å². The van der Waals surface area contributed by atoms with E-state index in [1.54, 1.807) is 0 Å². The summed E-state index contributed by atoms with van der Waals surface area (Å²) in [4.78, 5) is 25.0. The third-order valence-electron chi connectivity index (χ3n) is 3.02. The molecule has 7 heteroatoms. The Morgan fingerprint density at radius 1 is 1.65 bits per heavy atom. The van der Waals surface area contributed by atoms with Crippen LogP contribution >= 0.6 is 23.1 Å². The Morgan fingerprint density at radius 3 is 2.71 bits per heavy atom. The number of H-pyrrole nitrogens is 1. The van der Waals surface area contributed by atoms with Crippen LogP contribution in [0.4, 0.5) is 0 Å². The molecule has 17 heavy (non-hydrogen) atoms. The van der Waals surface area contributed by atoms with E-state index in [0.29, 0.717) is 6.54 Å². The van der Waals surface area contributed by atoms with Crippen LogP contribution in [0, 0.1) is 5.41 Å². The molecule has 0 spiro atoms. The van der Waals surface area contributed by atoms with Gasteiger partial charge in [0.05, 0.1) is 6.10 Å². The number of aliphatic hydroxyl groups excluding tert-OH is 1. The number of hydrogen-bond acceptors (Lipinski definition) is 4. The summed E-state index contributed by atoms with van der Waals surface area (Å²) in [6.07, 6.45) is -0.555. The van der Waals surface area contributed by atoms with Crippen molar-refractivity contribution in [2.24, 2.45) is 5.41 Å². The second kappa shape index (κ2) is 4.12. The zero-order chi connectivity index (χ0) is 12.8. The van der Waals surface area contributed by atoms with Crippen molar-refractivity contribution in [1.82, 2.24) is 9.27 Å². The number of rotatable bonds is 1. The number of carbonyl (C=O) groups is 1. The van der Waals surface area contributed by atoms with Crippen LogP contribution in [-0.2, 0) is 0 Å². The van der Waals surface area contributed by atoms with E-state index in [4.69, 9.17) is 11.6 Å². The molecule has 1 aromatic heterocycles. The van der Waals surface area contributed by atoms with Crippen molar-refractivity contribution in [1.29, 1.82) is 0 Å².